The Labute approximate surface area is 236 Å². The van der Waals surface area contributed by atoms with Gasteiger partial charge >= 0.3 is 0 Å². The van der Waals surface area contributed by atoms with Crippen LogP contribution in [0.2, 0.25) is 5.02 Å². The summed E-state index contributed by atoms with van der Waals surface area (Å²) in [6.07, 6.45) is 3.28. The van der Waals surface area contributed by atoms with Gasteiger partial charge in [0.1, 0.15) is 6.54 Å². The molecule has 2 aliphatic heterocycles. The third-order valence-corrected chi connectivity index (χ3v) is 7.45. The van der Waals surface area contributed by atoms with E-state index in [4.69, 9.17) is 21.1 Å². The Morgan fingerprint density at radius 2 is 2.05 bits per heavy atom. The first-order valence-corrected chi connectivity index (χ1v) is 13.5. The van der Waals surface area contributed by atoms with E-state index in [1.165, 1.54) is 12.0 Å². The molecule has 2 aliphatic rings. The number of methoxy groups -OCH3 is 1. The van der Waals surface area contributed by atoms with E-state index in [0.717, 1.165) is 18.4 Å². The molecule has 3 aromatic rings. The van der Waals surface area contributed by atoms with Crippen LogP contribution in [-0.2, 0) is 9.53 Å². The number of fused-ring (bicyclic) bond motifs is 1. The molecule has 11 nitrogen and oxygen atoms in total. The SMILES string of the molecule is COc1cccc(C(CO)NC(=O)CN2C(=O)c3cc(-c4nc(NC5CCOCC5)ncc4Cl)ccc3C2C)n1. The number of hydrogen-bond acceptors (Lipinski definition) is 9. The summed E-state index contributed by atoms with van der Waals surface area (Å²) in [6.45, 7) is 2.71. The lowest BCUT2D eigenvalue weighted by atomic mass is 10.0. The van der Waals surface area contributed by atoms with Gasteiger partial charge in [-0.15, -0.1) is 0 Å². The molecule has 0 radical (unpaired) electrons. The Morgan fingerprint density at radius 3 is 2.80 bits per heavy atom. The molecular formula is C28H31ClN6O5. The first-order chi connectivity index (χ1) is 19.4. The van der Waals surface area contributed by atoms with Crippen LogP contribution < -0.4 is 15.4 Å². The van der Waals surface area contributed by atoms with E-state index in [1.54, 1.807) is 30.5 Å². The van der Waals surface area contributed by atoms with Gasteiger partial charge in [-0.25, -0.2) is 15.0 Å². The average Bonchev–Trinajstić information content (AvgIpc) is 3.21. The van der Waals surface area contributed by atoms with Crippen molar-refractivity contribution in [2.75, 3.05) is 38.8 Å². The topological polar surface area (TPSA) is 139 Å². The Morgan fingerprint density at radius 1 is 1.25 bits per heavy atom. The van der Waals surface area contributed by atoms with Gasteiger partial charge in [0, 0.05) is 36.4 Å². The molecule has 12 heteroatoms. The molecule has 1 aromatic carbocycles. The molecule has 1 saturated heterocycles. The fraction of sp³-hybridized carbons (Fsp3) is 0.393. The van der Waals surface area contributed by atoms with Gasteiger partial charge < -0.3 is 30.1 Å². The fourth-order valence-corrected chi connectivity index (χ4v) is 5.17. The van der Waals surface area contributed by atoms with E-state index in [1.807, 2.05) is 19.1 Å². The normalized spacial score (nSPS) is 17.9. The van der Waals surface area contributed by atoms with Crippen molar-refractivity contribution in [3.05, 3.63) is 64.4 Å². The molecule has 2 amide bonds. The number of nitrogens with one attached hydrogen (secondary N) is 2. The number of halogens is 1. The zero-order valence-electron chi connectivity index (χ0n) is 22.3. The molecule has 1 fully saturated rings. The minimum absolute atomic E-state index is 0.183. The number of aliphatic hydroxyl groups excluding tert-OH is 1. The zero-order chi connectivity index (χ0) is 28.2. The molecule has 0 saturated carbocycles. The number of pyridine rings is 1. The number of amides is 2. The van der Waals surface area contributed by atoms with Crippen molar-refractivity contribution in [2.45, 2.75) is 37.9 Å². The summed E-state index contributed by atoms with van der Waals surface area (Å²) in [6, 6.07) is 9.74. The second kappa shape index (κ2) is 12.2. The number of nitrogens with zero attached hydrogens (tertiary/aromatic N) is 4. The van der Waals surface area contributed by atoms with Crippen LogP contribution in [0.5, 0.6) is 5.88 Å². The number of carbonyl (C=O) groups is 2. The van der Waals surface area contributed by atoms with Crippen molar-refractivity contribution < 1.29 is 24.2 Å². The molecule has 40 heavy (non-hydrogen) atoms. The molecular weight excluding hydrogens is 536 g/mol. The van der Waals surface area contributed by atoms with Crippen LogP contribution in [0.15, 0.2) is 42.6 Å². The third-order valence-electron chi connectivity index (χ3n) is 7.18. The minimum atomic E-state index is -0.742. The largest absolute Gasteiger partial charge is 0.481 e. The van der Waals surface area contributed by atoms with Crippen LogP contribution in [0.25, 0.3) is 11.3 Å². The highest BCUT2D eigenvalue weighted by Gasteiger charge is 2.36. The highest BCUT2D eigenvalue weighted by Crippen LogP contribution is 2.37. The van der Waals surface area contributed by atoms with E-state index in [-0.39, 0.29) is 31.1 Å². The molecule has 0 aliphatic carbocycles. The van der Waals surface area contributed by atoms with Crippen molar-refractivity contribution in [2.24, 2.45) is 0 Å². The number of rotatable bonds is 9. The lowest BCUT2D eigenvalue weighted by molar-refractivity contribution is -0.123. The van der Waals surface area contributed by atoms with Gasteiger partial charge in [0.2, 0.25) is 17.7 Å². The van der Waals surface area contributed by atoms with Gasteiger partial charge in [-0.1, -0.05) is 29.8 Å². The number of benzene rings is 1. The van der Waals surface area contributed by atoms with Crippen LogP contribution in [0.1, 0.15) is 53.5 Å². The van der Waals surface area contributed by atoms with Gasteiger partial charge in [-0.05, 0) is 37.5 Å². The summed E-state index contributed by atoms with van der Waals surface area (Å²) >= 11 is 6.46. The summed E-state index contributed by atoms with van der Waals surface area (Å²) in [5.74, 6) is 0.147. The summed E-state index contributed by atoms with van der Waals surface area (Å²) in [4.78, 5) is 41.1. The third kappa shape index (κ3) is 5.86. The molecule has 2 atom stereocenters. The second-order valence-corrected chi connectivity index (χ2v) is 10.1. The van der Waals surface area contributed by atoms with Crippen molar-refractivity contribution in [1.29, 1.82) is 0 Å². The fourth-order valence-electron chi connectivity index (χ4n) is 4.97. The van der Waals surface area contributed by atoms with Crippen molar-refractivity contribution in [3.8, 4) is 17.1 Å². The maximum absolute atomic E-state index is 13.4. The molecule has 4 heterocycles. The monoisotopic (exact) mass is 566 g/mol. The molecule has 5 rings (SSSR count). The smallest absolute Gasteiger partial charge is 0.255 e. The summed E-state index contributed by atoms with van der Waals surface area (Å²) in [5.41, 5.74) is 2.94. The lowest BCUT2D eigenvalue weighted by Gasteiger charge is -2.23. The molecule has 2 aromatic heterocycles. The summed E-state index contributed by atoms with van der Waals surface area (Å²) in [7, 11) is 1.49. The zero-order valence-corrected chi connectivity index (χ0v) is 23.0. The maximum Gasteiger partial charge on any atom is 0.255 e. The van der Waals surface area contributed by atoms with Crippen molar-refractivity contribution in [3.63, 3.8) is 0 Å². The van der Waals surface area contributed by atoms with E-state index in [9.17, 15) is 14.7 Å². The Balaban J connectivity index is 1.30. The van der Waals surface area contributed by atoms with Gasteiger partial charge in [0.15, 0.2) is 0 Å². The van der Waals surface area contributed by atoms with E-state index in [0.29, 0.717) is 52.6 Å². The maximum atomic E-state index is 13.4. The standard InChI is InChI=1S/C28H31ClN6O5/c1-16-19-7-6-17(26-21(29)13-30-28(34-26)31-18-8-10-40-11-9-18)12-20(19)27(38)35(16)14-24(37)32-23(15-36)22-4-3-5-25(33-22)39-2/h3-7,12-13,16,18,23,36H,8-11,14-15H2,1-2H3,(H,32,37)(H,30,31,34). The number of anilines is 1. The molecule has 210 valence electrons. The summed E-state index contributed by atoms with van der Waals surface area (Å²) in [5, 5.41) is 16.3. The Kier molecular flexibility index (Phi) is 8.43. The van der Waals surface area contributed by atoms with Gasteiger partial charge in [-0.2, -0.15) is 0 Å². The number of ether oxygens (including phenoxy) is 2. The van der Waals surface area contributed by atoms with E-state index >= 15 is 0 Å². The molecule has 0 spiro atoms. The number of hydrogen-bond donors (Lipinski definition) is 3. The first kappa shape index (κ1) is 27.8. The quantitative estimate of drug-likeness (QED) is 0.356. The Hall–Kier alpha value is -3.80. The lowest BCUT2D eigenvalue weighted by Crippen LogP contribution is -2.41. The van der Waals surface area contributed by atoms with E-state index in [2.05, 4.69) is 25.6 Å². The van der Waals surface area contributed by atoms with Crippen LogP contribution in [0, 0.1) is 0 Å². The first-order valence-electron chi connectivity index (χ1n) is 13.1. The molecule has 0 bridgehead atoms. The van der Waals surface area contributed by atoms with Crippen molar-refractivity contribution >= 4 is 29.4 Å². The average molecular weight is 567 g/mol. The Bertz CT molecular complexity index is 1400. The van der Waals surface area contributed by atoms with Crippen LogP contribution in [-0.4, -0.2) is 76.3 Å². The van der Waals surface area contributed by atoms with Crippen LogP contribution >= 0.6 is 11.6 Å². The van der Waals surface area contributed by atoms with Crippen LogP contribution in [0.4, 0.5) is 5.95 Å². The van der Waals surface area contributed by atoms with Gasteiger partial charge in [0.05, 0.1) is 48.4 Å². The minimum Gasteiger partial charge on any atom is -0.481 e. The van der Waals surface area contributed by atoms with Gasteiger partial charge in [-0.3, -0.25) is 9.59 Å². The predicted octanol–water partition coefficient (Wildman–Crippen LogP) is 3.16. The predicted molar refractivity (Wildman–Crippen MR) is 148 cm³/mol. The molecule has 2 unspecified atom stereocenters. The van der Waals surface area contributed by atoms with Crippen LogP contribution in [0.3, 0.4) is 0 Å². The van der Waals surface area contributed by atoms with E-state index < -0.39 is 11.9 Å². The summed E-state index contributed by atoms with van der Waals surface area (Å²) < 4.78 is 10.5. The number of aliphatic hydroxyl groups is 1. The highest BCUT2D eigenvalue weighted by molar-refractivity contribution is 6.33. The second-order valence-electron chi connectivity index (χ2n) is 9.74. The van der Waals surface area contributed by atoms with Crippen molar-refractivity contribution in [1.82, 2.24) is 25.2 Å². The number of carbonyl (C=O) groups excluding carboxylic acids is 2. The van der Waals surface area contributed by atoms with Gasteiger partial charge in [0.25, 0.3) is 5.91 Å². The molecule has 3 N–H and O–H groups in total. The number of aromatic nitrogens is 3. The highest BCUT2D eigenvalue weighted by atomic mass is 35.5.